The molecule has 2 atom stereocenters. The quantitative estimate of drug-likeness (QED) is 0.641. The topological polar surface area (TPSA) is 26.0 Å². The van der Waals surface area contributed by atoms with Crippen LogP contribution in [0.2, 0.25) is 15.1 Å². The Labute approximate surface area is 144 Å². The molecule has 112 valence electrons. The van der Waals surface area contributed by atoms with Gasteiger partial charge in [-0.1, -0.05) is 53.9 Å². The van der Waals surface area contributed by atoms with Gasteiger partial charge in [0.2, 0.25) is 0 Å². The highest BCUT2D eigenvalue weighted by molar-refractivity contribution is 7.99. The largest absolute Gasteiger partial charge is 0.326 e. The lowest BCUT2D eigenvalue weighted by molar-refractivity contribution is 0.634. The molecule has 0 radical (unpaired) electrons. The number of rotatable bonds is 5. The van der Waals surface area contributed by atoms with Gasteiger partial charge < -0.3 is 5.73 Å². The Morgan fingerprint density at radius 2 is 1.67 bits per heavy atom. The van der Waals surface area contributed by atoms with Gasteiger partial charge in [0.15, 0.2) is 0 Å². The van der Waals surface area contributed by atoms with Gasteiger partial charge in [-0.3, -0.25) is 0 Å². The Kier molecular flexibility index (Phi) is 6.27. The van der Waals surface area contributed by atoms with E-state index in [1.54, 1.807) is 11.8 Å². The van der Waals surface area contributed by atoms with Crippen LogP contribution in [0.4, 0.5) is 0 Å². The Balaban J connectivity index is 2.28. The summed E-state index contributed by atoms with van der Waals surface area (Å²) in [6, 6.07) is 13.5. The Morgan fingerprint density at radius 3 is 2.24 bits per heavy atom. The zero-order valence-corrected chi connectivity index (χ0v) is 14.6. The lowest BCUT2D eigenvalue weighted by Crippen LogP contribution is -2.25. The summed E-state index contributed by atoms with van der Waals surface area (Å²) in [7, 11) is 0. The van der Waals surface area contributed by atoms with Crippen LogP contribution in [-0.2, 0) is 0 Å². The van der Waals surface area contributed by atoms with Crippen LogP contribution in [0.25, 0.3) is 0 Å². The van der Waals surface area contributed by atoms with Crippen LogP contribution < -0.4 is 5.73 Å². The lowest BCUT2D eigenvalue weighted by atomic mass is 10.0. The van der Waals surface area contributed by atoms with Crippen LogP contribution in [0.3, 0.4) is 0 Å². The summed E-state index contributed by atoms with van der Waals surface area (Å²) in [5, 5.41) is 1.98. The van der Waals surface area contributed by atoms with E-state index in [1.807, 2.05) is 42.5 Å². The van der Waals surface area contributed by atoms with Crippen molar-refractivity contribution in [1.82, 2.24) is 0 Å². The van der Waals surface area contributed by atoms with Crippen molar-refractivity contribution < 1.29 is 0 Å². The monoisotopic (exact) mass is 359 g/mol. The molecule has 0 heterocycles. The molecule has 0 bridgehead atoms. The van der Waals surface area contributed by atoms with Crippen molar-refractivity contribution in [3.05, 3.63) is 63.1 Å². The highest BCUT2D eigenvalue weighted by atomic mass is 35.5. The maximum atomic E-state index is 6.29. The molecule has 1 nitrogen and oxygen atoms in total. The summed E-state index contributed by atoms with van der Waals surface area (Å²) in [6.07, 6.45) is 0.890. The van der Waals surface area contributed by atoms with E-state index >= 15 is 0 Å². The van der Waals surface area contributed by atoms with Gasteiger partial charge in [0.25, 0.3) is 0 Å². The van der Waals surface area contributed by atoms with Crippen molar-refractivity contribution >= 4 is 46.6 Å². The van der Waals surface area contributed by atoms with Gasteiger partial charge in [-0.05, 0) is 42.3 Å². The van der Waals surface area contributed by atoms with Crippen molar-refractivity contribution in [2.45, 2.75) is 29.5 Å². The predicted molar refractivity (Wildman–Crippen MR) is 94.8 cm³/mol. The number of hydrogen-bond donors (Lipinski definition) is 1. The Bertz CT molecular complexity index is 601. The van der Waals surface area contributed by atoms with E-state index < -0.39 is 0 Å². The summed E-state index contributed by atoms with van der Waals surface area (Å²) in [4.78, 5) is 1.05. The van der Waals surface area contributed by atoms with Crippen LogP contribution in [0.5, 0.6) is 0 Å². The van der Waals surface area contributed by atoms with E-state index in [-0.39, 0.29) is 11.3 Å². The summed E-state index contributed by atoms with van der Waals surface area (Å²) in [5.74, 6) is 0. The molecule has 0 saturated heterocycles. The smallest absolute Gasteiger partial charge is 0.0603 e. The molecule has 0 aliphatic rings. The first-order valence-electron chi connectivity index (χ1n) is 6.64. The number of nitrogens with two attached hydrogens (primary N) is 1. The molecule has 0 aromatic heterocycles. The number of hydrogen-bond acceptors (Lipinski definition) is 2. The SMILES string of the molecule is CCC(N)C(Sc1ccc(Cl)c(Cl)c1)c1ccc(Cl)cc1. The molecule has 2 aromatic rings. The molecule has 2 aromatic carbocycles. The summed E-state index contributed by atoms with van der Waals surface area (Å²) >= 11 is 19.7. The van der Waals surface area contributed by atoms with Gasteiger partial charge >= 0.3 is 0 Å². The second kappa shape index (κ2) is 7.75. The molecular weight excluding hydrogens is 345 g/mol. The molecule has 21 heavy (non-hydrogen) atoms. The third-order valence-electron chi connectivity index (χ3n) is 3.21. The highest BCUT2D eigenvalue weighted by Gasteiger charge is 2.20. The molecule has 0 aliphatic heterocycles. The molecule has 0 fully saturated rings. The third-order valence-corrected chi connectivity index (χ3v) is 5.61. The van der Waals surface area contributed by atoms with Crippen molar-refractivity contribution in [2.24, 2.45) is 5.73 Å². The first kappa shape index (κ1) is 17.0. The zero-order chi connectivity index (χ0) is 15.4. The second-order valence-electron chi connectivity index (χ2n) is 4.74. The molecule has 2 unspecified atom stereocenters. The van der Waals surface area contributed by atoms with Gasteiger partial charge in [0.1, 0.15) is 0 Å². The van der Waals surface area contributed by atoms with Gasteiger partial charge in [-0.15, -0.1) is 11.8 Å². The first-order valence-corrected chi connectivity index (χ1v) is 8.65. The summed E-state index contributed by atoms with van der Waals surface area (Å²) in [5.41, 5.74) is 7.45. The van der Waals surface area contributed by atoms with Crippen molar-refractivity contribution in [3.8, 4) is 0 Å². The van der Waals surface area contributed by atoms with E-state index in [2.05, 4.69) is 6.92 Å². The van der Waals surface area contributed by atoms with Crippen LogP contribution in [0.15, 0.2) is 47.4 Å². The number of thioether (sulfide) groups is 1. The molecule has 2 N–H and O–H groups in total. The van der Waals surface area contributed by atoms with Crippen LogP contribution in [0.1, 0.15) is 24.2 Å². The molecule has 0 saturated carbocycles. The zero-order valence-electron chi connectivity index (χ0n) is 11.5. The molecule has 0 aliphatic carbocycles. The van der Waals surface area contributed by atoms with E-state index in [0.29, 0.717) is 10.0 Å². The van der Waals surface area contributed by atoms with Gasteiger partial charge in [0.05, 0.1) is 10.0 Å². The average molecular weight is 361 g/mol. The maximum absolute atomic E-state index is 6.29. The highest BCUT2D eigenvalue weighted by Crippen LogP contribution is 2.40. The molecule has 0 spiro atoms. The van der Waals surface area contributed by atoms with Crippen LogP contribution in [-0.4, -0.2) is 6.04 Å². The average Bonchev–Trinajstić information content (AvgIpc) is 2.48. The van der Waals surface area contributed by atoms with E-state index in [0.717, 1.165) is 21.9 Å². The third kappa shape index (κ3) is 4.54. The predicted octanol–water partition coefficient (Wildman–Crippen LogP) is 6.22. The van der Waals surface area contributed by atoms with Crippen molar-refractivity contribution in [1.29, 1.82) is 0 Å². The van der Waals surface area contributed by atoms with Crippen LogP contribution in [0, 0.1) is 0 Å². The maximum Gasteiger partial charge on any atom is 0.0603 e. The Hall–Kier alpha value is -0.380. The fourth-order valence-electron chi connectivity index (χ4n) is 1.97. The van der Waals surface area contributed by atoms with E-state index in [9.17, 15) is 0 Å². The van der Waals surface area contributed by atoms with Gasteiger partial charge in [0, 0.05) is 21.2 Å². The molecular formula is C16H16Cl3NS. The molecule has 5 heteroatoms. The van der Waals surface area contributed by atoms with Crippen LogP contribution >= 0.6 is 46.6 Å². The second-order valence-corrected chi connectivity index (χ2v) is 7.20. The van der Waals surface area contributed by atoms with Gasteiger partial charge in [-0.25, -0.2) is 0 Å². The number of halogens is 3. The van der Waals surface area contributed by atoms with E-state index in [4.69, 9.17) is 40.5 Å². The molecule has 2 rings (SSSR count). The standard InChI is InChI=1S/C16H16Cl3NS/c1-2-15(20)16(10-3-5-11(17)6-4-10)21-12-7-8-13(18)14(19)9-12/h3-9,15-16H,2,20H2,1H3. The lowest BCUT2D eigenvalue weighted by Gasteiger charge is -2.23. The van der Waals surface area contributed by atoms with Crippen molar-refractivity contribution in [2.75, 3.05) is 0 Å². The minimum atomic E-state index is 0.0469. The summed E-state index contributed by atoms with van der Waals surface area (Å²) in [6.45, 7) is 2.09. The minimum Gasteiger partial charge on any atom is -0.326 e. The van der Waals surface area contributed by atoms with Crippen molar-refractivity contribution in [3.63, 3.8) is 0 Å². The first-order chi connectivity index (χ1) is 10.0. The fraction of sp³-hybridized carbons (Fsp3) is 0.250. The molecule has 0 amide bonds. The Morgan fingerprint density at radius 1 is 1.00 bits per heavy atom. The van der Waals surface area contributed by atoms with E-state index in [1.165, 1.54) is 0 Å². The summed E-state index contributed by atoms with van der Waals surface area (Å²) < 4.78 is 0. The normalized spacial score (nSPS) is 14.0. The number of benzene rings is 2. The fourth-order valence-corrected chi connectivity index (χ4v) is 3.74. The van der Waals surface area contributed by atoms with Gasteiger partial charge in [-0.2, -0.15) is 0 Å². The minimum absolute atomic E-state index is 0.0469.